The molecule has 0 radical (unpaired) electrons. The van der Waals surface area contributed by atoms with Crippen molar-refractivity contribution in [2.24, 2.45) is 0 Å². The summed E-state index contributed by atoms with van der Waals surface area (Å²) >= 11 is 0. The van der Waals surface area contributed by atoms with Crippen LogP contribution in [0.25, 0.3) is 0 Å². The standard InChI is InChI=1S/C11H20/c1-4-6-7-8-9-10-11(3)5-2/h4H,1,3,5-10H2,2H3. The Morgan fingerprint density at radius 2 is 2.00 bits per heavy atom. The molecular weight excluding hydrogens is 132 g/mol. The van der Waals surface area contributed by atoms with Gasteiger partial charge >= 0.3 is 0 Å². The van der Waals surface area contributed by atoms with Gasteiger partial charge in [0.05, 0.1) is 0 Å². The summed E-state index contributed by atoms with van der Waals surface area (Å²) < 4.78 is 0. The Morgan fingerprint density at radius 1 is 1.27 bits per heavy atom. The van der Waals surface area contributed by atoms with Crippen LogP contribution in [0.2, 0.25) is 0 Å². The van der Waals surface area contributed by atoms with Gasteiger partial charge < -0.3 is 0 Å². The van der Waals surface area contributed by atoms with Gasteiger partial charge in [0.25, 0.3) is 0 Å². The molecule has 0 saturated heterocycles. The topological polar surface area (TPSA) is 0 Å². The van der Waals surface area contributed by atoms with E-state index >= 15 is 0 Å². The third kappa shape index (κ3) is 7.38. The van der Waals surface area contributed by atoms with Crippen LogP contribution in [-0.2, 0) is 0 Å². The maximum atomic E-state index is 3.97. The molecular formula is C11H20. The van der Waals surface area contributed by atoms with Gasteiger partial charge in [-0.25, -0.2) is 0 Å². The molecule has 0 fully saturated rings. The molecule has 0 N–H and O–H groups in total. The van der Waals surface area contributed by atoms with Crippen molar-refractivity contribution < 1.29 is 0 Å². The molecule has 0 saturated carbocycles. The molecule has 0 heteroatoms. The Morgan fingerprint density at radius 3 is 2.55 bits per heavy atom. The number of rotatable bonds is 7. The van der Waals surface area contributed by atoms with E-state index in [0.29, 0.717) is 0 Å². The molecule has 0 aliphatic rings. The third-order valence-electron chi connectivity index (χ3n) is 1.94. The van der Waals surface area contributed by atoms with Crippen LogP contribution < -0.4 is 0 Å². The first-order chi connectivity index (χ1) is 5.31. The van der Waals surface area contributed by atoms with Crippen molar-refractivity contribution in [3.8, 4) is 0 Å². The first-order valence-electron chi connectivity index (χ1n) is 4.58. The summed E-state index contributed by atoms with van der Waals surface area (Å²) in [4.78, 5) is 0. The highest BCUT2D eigenvalue weighted by Gasteiger charge is 1.90. The highest BCUT2D eigenvalue weighted by atomic mass is 14.0. The van der Waals surface area contributed by atoms with Gasteiger partial charge in [-0.1, -0.05) is 31.6 Å². The average molecular weight is 152 g/mol. The van der Waals surface area contributed by atoms with Gasteiger partial charge in [0.2, 0.25) is 0 Å². The van der Waals surface area contributed by atoms with Crippen LogP contribution in [0, 0.1) is 0 Å². The Hall–Kier alpha value is -0.520. The number of allylic oxidation sites excluding steroid dienone is 2. The molecule has 0 aliphatic carbocycles. The SMILES string of the molecule is C=CCCCCCC(=C)CC. The Kier molecular flexibility index (Phi) is 7.23. The van der Waals surface area contributed by atoms with E-state index in [1.807, 2.05) is 6.08 Å². The smallest absolute Gasteiger partial charge is 0.0323 e. The summed E-state index contributed by atoms with van der Waals surface area (Å²) in [6.45, 7) is 9.84. The van der Waals surface area contributed by atoms with E-state index in [-0.39, 0.29) is 0 Å². The van der Waals surface area contributed by atoms with Crippen molar-refractivity contribution >= 4 is 0 Å². The highest BCUT2D eigenvalue weighted by Crippen LogP contribution is 2.10. The second-order valence-electron chi connectivity index (χ2n) is 2.99. The maximum Gasteiger partial charge on any atom is -0.0323 e. The second kappa shape index (κ2) is 7.59. The van der Waals surface area contributed by atoms with Crippen molar-refractivity contribution in [3.63, 3.8) is 0 Å². The fraction of sp³-hybridized carbons (Fsp3) is 0.636. The number of unbranched alkanes of at least 4 members (excludes halogenated alkanes) is 3. The summed E-state index contributed by atoms with van der Waals surface area (Å²) in [7, 11) is 0. The van der Waals surface area contributed by atoms with Crippen molar-refractivity contribution in [3.05, 3.63) is 24.8 Å². The first kappa shape index (κ1) is 10.5. The van der Waals surface area contributed by atoms with E-state index in [1.165, 1.54) is 37.7 Å². The van der Waals surface area contributed by atoms with E-state index in [9.17, 15) is 0 Å². The summed E-state index contributed by atoms with van der Waals surface area (Å²) in [5, 5.41) is 0. The van der Waals surface area contributed by atoms with Crippen molar-refractivity contribution in [2.75, 3.05) is 0 Å². The molecule has 0 aromatic heterocycles. The van der Waals surface area contributed by atoms with Crippen molar-refractivity contribution in [2.45, 2.75) is 45.4 Å². The van der Waals surface area contributed by atoms with Gasteiger partial charge in [-0.05, 0) is 32.1 Å². The van der Waals surface area contributed by atoms with E-state index in [2.05, 4.69) is 20.1 Å². The van der Waals surface area contributed by atoms with Crippen LogP contribution in [-0.4, -0.2) is 0 Å². The van der Waals surface area contributed by atoms with Crippen LogP contribution in [0.5, 0.6) is 0 Å². The maximum absolute atomic E-state index is 3.97. The molecule has 0 nitrogen and oxygen atoms in total. The van der Waals surface area contributed by atoms with Gasteiger partial charge in [0.1, 0.15) is 0 Å². The fourth-order valence-electron chi connectivity index (χ4n) is 1.02. The zero-order valence-electron chi connectivity index (χ0n) is 7.73. The number of hydrogen-bond donors (Lipinski definition) is 0. The molecule has 11 heavy (non-hydrogen) atoms. The zero-order valence-corrected chi connectivity index (χ0v) is 7.73. The van der Waals surface area contributed by atoms with E-state index in [1.54, 1.807) is 0 Å². The summed E-state index contributed by atoms with van der Waals surface area (Å²) in [6, 6.07) is 0. The Labute approximate surface area is 71.0 Å². The molecule has 0 aromatic rings. The lowest BCUT2D eigenvalue weighted by molar-refractivity contribution is 0.677. The van der Waals surface area contributed by atoms with Crippen molar-refractivity contribution in [1.29, 1.82) is 0 Å². The van der Waals surface area contributed by atoms with E-state index in [4.69, 9.17) is 0 Å². The minimum atomic E-state index is 1.14. The second-order valence-corrected chi connectivity index (χ2v) is 2.99. The molecule has 0 heterocycles. The molecule has 0 bridgehead atoms. The Balaban J connectivity index is 3.01. The molecule has 0 aliphatic heterocycles. The quantitative estimate of drug-likeness (QED) is 0.381. The molecule has 64 valence electrons. The Bertz CT molecular complexity index is 111. The first-order valence-corrected chi connectivity index (χ1v) is 4.58. The molecule has 0 atom stereocenters. The van der Waals surface area contributed by atoms with Crippen LogP contribution >= 0.6 is 0 Å². The predicted molar refractivity (Wildman–Crippen MR) is 52.7 cm³/mol. The highest BCUT2D eigenvalue weighted by molar-refractivity contribution is 4.91. The zero-order chi connectivity index (χ0) is 8.53. The van der Waals surface area contributed by atoms with Gasteiger partial charge in [-0.3, -0.25) is 0 Å². The fourth-order valence-corrected chi connectivity index (χ4v) is 1.02. The molecule has 0 rings (SSSR count). The lowest BCUT2D eigenvalue weighted by Crippen LogP contribution is -1.80. The minimum Gasteiger partial charge on any atom is -0.103 e. The van der Waals surface area contributed by atoms with Crippen LogP contribution in [0.4, 0.5) is 0 Å². The molecule has 0 unspecified atom stereocenters. The number of hydrogen-bond acceptors (Lipinski definition) is 0. The summed E-state index contributed by atoms with van der Waals surface area (Å²) in [6.07, 6.45) is 9.44. The minimum absolute atomic E-state index is 1.14. The summed E-state index contributed by atoms with van der Waals surface area (Å²) in [5.74, 6) is 0. The molecule has 0 aromatic carbocycles. The van der Waals surface area contributed by atoms with Gasteiger partial charge in [0, 0.05) is 0 Å². The molecule has 0 spiro atoms. The van der Waals surface area contributed by atoms with Crippen LogP contribution in [0.15, 0.2) is 24.8 Å². The van der Waals surface area contributed by atoms with Gasteiger partial charge in [-0.15, -0.1) is 6.58 Å². The monoisotopic (exact) mass is 152 g/mol. The lowest BCUT2D eigenvalue weighted by Gasteiger charge is -2.00. The van der Waals surface area contributed by atoms with E-state index in [0.717, 1.165) is 6.42 Å². The largest absolute Gasteiger partial charge is 0.103 e. The van der Waals surface area contributed by atoms with Crippen LogP contribution in [0.3, 0.4) is 0 Å². The van der Waals surface area contributed by atoms with Gasteiger partial charge in [0.15, 0.2) is 0 Å². The normalized spacial score (nSPS) is 9.55. The lowest BCUT2D eigenvalue weighted by atomic mass is 10.1. The molecule has 0 amide bonds. The third-order valence-corrected chi connectivity index (χ3v) is 1.94. The van der Waals surface area contributed by atoms with Crippen molar-refractivity contribution in [1.82, 2.24) is 0 Å². The van der Waals surface area contributed by atoms with E-state index < -0.39 is 0 Å². The predicted octanol–water partition coefficient (Wildman–Crippen LogP) is 4.09. The van der Waals surface area contributed by atoms with Crippen LogP contribution in [0.1, 0.15) is 45.4 Å². The van der Waals surface area contributed by atoms with Gasteiger partial charge in [-0.2, -0.15) is 0 Å². The average Bonchev–Trinajstić information content (AvgIpc) is 2.04. The summed E-state index contributed by atoms with van der Waals surface area (Å²) in [5.41, 5.74) is 1.39.